The molecule has 1 heterocycles. The highest BCUT2D eigenvalue weighted by molar-refractivity contribution is 6.30. The molecular weight excluding hydrogens is 238 g/mol. The second-order valence-corrected chi connectivity index (χ2v) is 3.99. The second kappa shape index (κ2) is 5.70. The van der Waals surface area contributed by atoms with Crippen molar-refractivity contribution in [1.82, 2.24) is 15.1 Å². The summed E-state index contributed by atoms with van der Waals surface area (Å²) in [7, 11) is 1.89. The maximum atomic E-state index is 5.92. The maximum absolute atomic E-state index is 5.92. The van der Waals surface area contributed by atoms with Gasteiger partial charge in [-0.2, -0.15) is 5.10 Å². The second-order valence-electron chi connectivity index (χ2n) is 3.55. The van der Waals surface area contributed by atoms with E-state index in [0.717, 1.165) is 18.0 Å². The normalized spacial score (nSPS) is 10.5. The van der Waals surface area contributed by atoms with Crippen LogP contribution in [0.3, 0.4) is 0 Å². The number of ether oxygens (including phenoxy) is 1. The van der Waals surface area contributed by atoms with Crippen molar-refractivity contribution >= 4 is 11.6 Å². The molecule has 2 rings (SSSR count). The predicted octanol–water partition coefficient (Wildman–Crippen LogP) is 2.12. The van der Waals surface area contributed by atoms with Crippen LogP contribution in [0, 0.1) is 0 Å². The summed E-state index contributed by atoms with van der Waals surface area (Å²) < 4.78 is 7.24. The van der Waals surface area contributed by atoms with Crippen LogP contribution in [-0.2, 0) is 0 Å². The Hall–Kier alpha value is -1.52. The molecule has 17 heavy (non-hydrogen) atoms. The monoisotopic (exact) mass is 251 g/mol. The Morgan fingerprint density at radius 2 is 2.35 bits per heavy atom. The summed E-state index contributed by atoms with van der Waals surface area (Å²) in [4.78, 5) is 0. The Labute approximate surface area is 105 Å². The number of halogens is 1. The van der Waals surface area contributed by atoms with E-state index in [1.165, 1.54) is 0 Å². The third-order valence-electron chi connectivity index (χ3n) is 2.25. The van der Waals surface area contributed by atoms with Gasteiger partial charge in [-0.25, -0.2) is 4.68 Å². The van der Waals surface area contributed by atoms with E-state index in [0.29, 0.717) is 11.6 Å². The van der Waals surface area contributed by atoms with Crippen molar-refractivity contribution in [3.05, 3.63) is 41.7 Å². The summed E-state index contributed by atoms with van der Waals surface area (Å²) in [5.41, 5.74) is 0.918. The molecule has 1 N–H and O–H groups in total. The van der Waals surface area contributed by atoms with Crippen molar-refractivity contribution in [3.8, 4) is 11.4 Å². The third-order valence-corrected chi connectivity index (χ3v) is 2.49. The average molecular weight is 252 g/mol. The molecule has 0 spiro atoms. The average Bonchev–Trinajstić information content (AvgIpc) is 2.78. The number of likely N-dealkylation sites (N-methyl/N-ethyl adjacent to an activating group) is 1. The number of rotatable bonds is 5. The fraction of sp³-hybridized carbons (Fsp3) is 0.250. The molecule has 0 amide bonds. The van der Waals surface area contributed by atoms with Gasteiger partial charge in [-0.3, -0.25) is 0 Å². The molecular formula is C12H14ClN3O. The van der Waals surface area contributed by atoms with E-state index in [4.69, 9.17) is 16.3 Å². The first-order chi connectivity index (χ1) is 8.29. The first-order valence-electron chi connectivity index (χ1n) is 5.37. The van der Waals surface area contributed by atoms with Gasteiger partial charge in [0.2, 0.25) is 0 Å². The molecule has 1 aromatic carbocycles. The molecule has 0 unspecified atom stereocenters. The lowest BCUT2D eigenvalue weighted by Crippen LogP contribution is -2.15. The fourth-order valence-corrected chi connectivity index (χ4v) is 1.60. The number of hydrogen-bond donors (Lipinski definition) is 1. The number of nitrogens with zero attached hydrogens (tertiary/aromatic N) is 2. The van der Waals surface area contributed by atoms with Crippen LogP contribution in [0.4, 0.5) is 0 Å². The zero-order chi connectivity index (χ0) is 12.1. The van der Waals surface area contributed by atoms with Gasteiger partial charge in [-0.05, 0) is 25.2 Å². The van der Waals surface area contributed by atoms with Gasteiger partial charge in [-0.15, -0.1) is 0 Å². The Balaban J connectivity index is 2.07. The van der Waals surface area contributed by atoms with Gasteiger partial charge < -0.3 is 10.1 Å². The number of aromatic nitrogens is 2. The van der Waals surface area contributed by atoms with Crippen molar-refractivity contribution in [2.75, 3.05) is 20.2 Å². The van der Waals surface area contributed by atoms with Crippen LogP contribution in [0.2, 0.25) is 5.02 Å². The molecule has 1 aromatic heterocycles. The Bertz CT molecular complexity index is 484. The number of benzene rings is 1. The van der Waals surface area contributed by atoms with E-state index < -0.39 is 0 Å². The molecule has 0 aliphatic heterocycles. The summed E-state index contributed by atoms with van der Waals surface area (Å²) in [6, 6.07) is 7.52. The smallest absolute Gasteiger partial charge is 0.157 e. The molecule has 0 atom stereocenters. The number of hydrogen-bond acceptors (Lipinski definition) is 3. The topological polar surface area (TPSA) is 39.1 Å². The minimum atomic E-state index is 0.623. The highest BCUT2D eigenvalue weighted by atomic mass is 35.5. The highest BCUT2D eigenvalue weighted by Gasteiger charge is 2.01. The fourth-order valence-electron chi connectivity index (χ4n) is 1.41. The van der Waals surface area contributed by atoms with Gasteiger partial charge in [0.05, 0.1) is 18.1 Å². The van der Waals surface area contributed by atoms with Gasteiger partial charge >= 0.3 is 0 Å². The minimum Gasteiger partial charge on any atom is -0.489 e. The molecule has 2 aromatic rings. The van der Waals surface area contributed by atoms with Crippen molar-refractivity contribution in [2.45, 2.75) is 0 Å². The van der Waals surface area contributed by atoms with E-state index in [-0.39, 0.29) is 0 Å². The van der Waals surface area contributed by atoms with E-state index in [9.17, 15) is 0 Å². The summed E-state index contributed by atoms with van der Waals surface area (Å²) in [5, 5.41) is 7.92. The molecule has 0 bridgehead atoms. The van der Waals surface area contributed by atoms with Crippen LogP contribution < -0.4 is 10.1 Å². The predicted molar refractivity (Wildman–Crippen MR) is 68.0 cm³/mol. The lowest BCUT2D eigenvalue weighted by Gasteiger charge is -2.02. The van der Waals surface area contributed by atoms with Crippen molar-refractivity contribution < 1.29 is 4.74 Å². The Morgan fingerprint density at radius 1 is 1.47 bits per heavy atom. The molecule has 0 aliphatic carbocycles. The molecule has 0 saturated heterocycles. The first kappa shape index (κ1) is 12.0. The Morgan fingerprint density at radius 3 is 3.12 bits per heavy atom. The van der Waals surface area contributed by atoms with Crippen LogP contribution in [-0.4, -0.2) is 30.0 Å². The zero-order valence-electron chi connectivity index (χ0n) is 9.56. The van der Waals surface area contributed by atoms with Gasteiger partial charge in [0.15, 0.2) is 5.75 Å². The summed E-state index contributed by atoms with van der Waals surface area (Å²) in [6.45, 7) is 1.43. The third kappa shape index (κ3) is 3.22. The largest absolute Gasteiger partial charge is 0.489 e. The van der Waals surface area contributed by atoms with Crippen molar-refractivity contribution in [2.24, 2.45) is 0 Å². The van der Waals surface area contributed by atoms with Crippen LogP contribution in [0.25, 0.3) is 5.69 Å². The quantitative estimate of drug-likeness (QED) is 0.828. The standard InChI is InChI=1S/C12H14ClN3O/c1-14-5-6-17-12-8-15-16(9-12)11-4-2-3-10(13)7-11/h2-4,7-9,14H,5-6H2,1H3. The summed E-state index contributed by atoms with van der Waals surface area (Å²) in [5.74, 6) is 0.750. The van der Waals surface area contributed by atoms with Crippen LogP contribution >= 0.6 is 11.6 Å². The highest BCUT2D eigenvalue weighted by Crippen LogP contribution is 2.17. The molecule has 0 radical (unpaired) electrons. The first-order valence-corrected chi connectivity index (χ1v) is 5.75. The van der Waals surface area contributed by atoms with Crippen LogP contribution in [0.15, 0.2) is 36.7 Å². The summed E-state index contributed by atoms with van der Waals surface area (Å²) >= 11 is 5.92. The Kier molecular flexibility index (Phi) is 4.01. The van der Waals surface area contributed by atoms with Crippen LogP contribution in [0.5, 0.6) is 5.75 Å². The van der Waals surface area contributed by atoms with Gasteiger partial charge in [-0.1, -0.05) is 17.7 Å². The lowest BCUT2D eigenvalue weighted by atomic mass is 10.3. The van der Waals surface area contributed by atoms with Crippen LogP contribution in [0.1, 0.15) is 0 Å². The molecule has 5 heteroatoms. The molecule has 0 saturated carbocycles. The van der Waals surface area contributed by atoms with Crippen molar-refractivity contribution in [3.63, 3.8) is 0 Å². The van der Waals surface area contributed by atoms with E-state index in [1.54, 1.807) is 10.9 Å². The van der Waals surface area contributed by atoms with E-state index >= 15 is 0 Å². The SMILES string of the molecule is CNCCOc1cnn(-c2cccc(Cl)c2)c1. The summed E-state index contributed by atoms with van der Waals surface area (Å²) in [6.07, 6.45) is 3.53. The van der Waals surface area contributed by atoms with E-state index in [1.807, 2.05) is 37.5 Å². The van der Waals surface area contributed by atoms with E-state index in [2.05, 4.69) is 10.4 Å². The lowest BCUT2D eigenvalue weighted by molar-refractivity contribution is 0.318. The maximum Gasteiger partial charge on any atom is 0.157 e. The zero-order valence-corrected chi connectivity index (χ0v) is 10.3. The molecule has 0 fully saturated rings. The van der Waals surface area contributed by atoms with Gasteiger partial charge in [0.1, 0.15) is 6.61 Å². The van der Waals surface area contributed by atoms with Gasteiger partial charge in [0.25, 0.3) is 0 Å². The molecule has 90 valence electrons. The minimum absolute atomic E-state index is 0.623. The van der Waals surface area contributed by atoms with Crippen molar-refractivity contribution in [1.29, 1.82) is 0 Å². The molecule has 4 nitrogen and oxygen atoms in total. The molecule has 0 aliphatic rings. The number of nitrogens with one attached hydrogen (secondary N) is 1. The van der Waals surface area contributed by atoms with Gasteiger partial charge in [0, 0.05) is 11.6 Å².